The smallest absolute Gasteiger partial charge is 0.451 e. The highest BCUT2D eigenvalue weighted by Gasteiger charge is 2.39. The molecule has 0 saturated heterocycles. The van der Waals surface area contributed by atoms with Crippen LogP contribution in [0.15, 0.2) is 84.9 Å². The van der Waals surface area contributed by atoms with Gasteiger partial charge in [0.2, 0.25) is 5.82 Å². The Hall–Kier alpha value is -5.30. The molecule has 3 aromatic carbocycles. The van der Waals surface area contributed by atoms with Crippen LogP contribution >= 0.6 is 0 Å². The number of benzene rings is 3. The number of carbonyl (C=O) groups excluding carboxylic acids is 2. The molecule has 0 fully saturated rings. The molecule has 0 atom stereocenters. The van der Waals surface area contributed by atoms with E-state index < -0.39 is 24.0 Å². The monoisotopic (exact) mass is 601 g/mol. The Labute approximate surface area is 249 Å². The molecule has 1 aliphatic rings. The van der Waals surface area contributed by atoms with Crippen LogP contribution in [0.5, 0.6) is 0 Å². The van der Waals surface area contributed by atoms with Crippen molar-refractivity contribution in [3.8, 4) is 11.3 Å². The predicted molar refractivity (Wildman–Crippen MR) is 155 cm³/mol. The van der Waals surface area contributed by atoms with Gasteiger partial charge in [0.05, 0.1) is 36.1 Å². The van der Waals surface area contributed by atoms with Crippen molar-refractivity contribution in [2.24, 2.45) is 0 Å². The molecular weight excluding hydrogens is 575 g/mol. The third-order valence-corrected chi connectivity index (χ3v) is 7.32. The number of hydrazine groups is 1. The number of aromatic nitrogens is 4. The van der Waals surface area contributed by atoms with Crippen molar-refractivity contribution in [3.63, 3.8) is 0 Å². The Morgan fingerprint density at radius 1 is 0.932 bits per heavy atom. The molecule has 10 nitrogen and oxygen atoms in total. The minimum absolute atomic E-state index is 0.0184. The zero-order valence-electron chi connectivity index (χ0n) is 23.5. The lowest BCUT2D eigenvalue weighted by Gasteiger charge is -2.30. The number of amides is 2. The van der Waals surface area contributed by atoms with E-state index in [0.29, 0.717) is 27.8 Å². The first-order valence-corrected chi connectivity index (χ1v) is 13.7. The minimum Gasteiger partial charge on any atom is -0.451 e. The van der Waals surface area contributed by atoms with Gasteiger partial charge in [-0.2, -0.15) is 18.2 Å². The third-order valence-electron chi connectivity index (χ3n) is 7.32. The molecule has 2 amide bonds. The average molecular weight is 602 g/mol. The van der Waals surface area contributed by atoms with Crippen LogP contribution in [0, 0.1) is 0 Å². The second-order valence-electron chi connectivity index (χ2n) is 10.1. The number of pyridine rings is 1. The number of nitrogens with zero attached hydrogens (tertiary/aromatic N) is 6. The zero-order valence-corrected chi connectivity index (χ0v) is 23.5. The molecule has 224 valence electrons. The van der Waals surface area contributed by atoms with Gasteiger partial charge in [-0.25, -0.2) is 9.78 Å². The second kappa shape index (κ2) is 11.8. The first-order chi connectivity index (χ1) is 21.2. The number of fused-ring (bicyclic) bond motifs is 2. The van der Waals surface area contributed by atoms with Crippen molar-refractivity contribution >= 4 is 28.6 Å². The van der Waals surface area contributed by atoms with E-state index in [1.807, 2.05) is 41.3 Å². The number of carbonyl (C=O) groups is 2. The fourth-order valence-electron chi connectivity index (χ4n) is 5.32. The van der Waals surface area contributed by atoms with Crippen LogP contribution in [0.2, 0.25) is 0 Å². The van der Waals surface area contributed by atoms with Gasteiger partial charge in [0.25, 0.3) is 5.91 Å². The van der Waals surface area contributed by atoms with Crippen molar-refractivity contribution in [2.75, 3.05) is 18.7 Å². The normalized spacial score (nSPS) is 13.4. The highest BCUT2D eigenvalue weighted by molar-refractivity contribution is 6.10. The maximum absolute atomic E-state index is 14.3. The average Bonchev–Trinajstić information content (AvgIpc) is 3.48. The molecule has 6 rings (SSSR count). The first-order valence-electron chi connectivity index (χ1n) is 13.7. The second-order valence-corrected chi connectivity index (χ2v) is 10.1. The number of halogens is 3. The molecule has 3 heterocycles. The minimum atomic E-state index is -4.62. The van der Waals surface area contributed by atoms with Gasteiger partial charge >= 0.3 is 12.3 Å². The maximum atomic E-state index is 14.3. The van der Waals surface area contributed by atoms with E-state index in [-0.39, 0.29) is 37.6 Å². The number of methoxy groups -OCH3 is 1. The molecular formula is C31H26F3N7O3. The maximum Gasteiger partial charge on any atom is 0.451 e. The number of hydrogen-bond donors (Lipinski definition) is 1. The van der Waals surface area contributed by atoms with Gasteiger partial charge in [-0.3, -0.25) is 15.1 Å². The Bertz CT molecular complexity index is 1830. The summed E-state index contributed by atoms with van der Waals surface area (Å²) >= 11 is 0. The molecule has 0 saturated carbocycles. The number of hydrogen-bond acceptors (Lipinski definition) is 7. The number of ether oxygens (including phenoxy) is 1. The predicted octanol–water partition coefficient (Wildman–Crippen LogP) is 5.45. The van der Waals surface area contributed by atoms with Crippen molar-refractivity contribution in [1.82, 2.24) is 30.1 Å². The fraction of sp³-hybridized carbons (Fsp3) is 0.194. The quantitative estimate of drug-likeness (QED) is 0.267. The van der Waals surface area contributed by atoms with Gasteiger partial charge < -0.3 is 9.30 Å². The number of anilines is 1. The topological polar surface area (TPSA) is 105 Å². The summed E-state index contributed by atoms with van der Waals surface area (Å²) in [6.07, 6.45) is -5.42. The van der Waals surface area contributed by atoms with Gasteiger partial charge in [-0.1, -0.05) is 66.7 Å². The summed E-state index contributed by atoms with van der Waals surface area (Å²) in [4.78, 5) is 33.9. The highest BCUT2D eigenvalue weighted by atomic mass is 19.4. The summed E-state index contributed by atoms with van der Waals surface area (Å²) in [5.74, 6) is -1.46. The lowest BCUT2D eigenvalue weighted by molar-refractivity contribution is -0.148. The van der Waals surface area contributed by atoms with Crippen molar-refractivity contribution in [2.45, 2.75) is 25.8 Å². The summed E-state index contributed by atoms with van der Waals surface area (Å²) in [7, 11) is 1.21. The molecule has 2 aromatic heterocycles. The van der Waals surface area contributed by atoms with E-state index in [1.165, 1.54) is 7.11 Å². The summed E-state index contributed by atoms with van der Waals surface area (Å²) in [5.41, 5.74) is 5.72. The SMILES string of the molecule is COC(=O)N(NC(=O)c1c(CN2CCn3c(nnc3C(F)(F)F)C2)c(-c2ccccc2)nc2ccccc12)c1ccccc1. The Morgan fingerprint density at radius 3 is 2.32 bits per heavy atom. The Balaban J connectivity index is 1.46. The number of rotatable bonds is 5. The van der Waals surface area contributed by atoms with E-state index in [2.05, 4.69) is 15.6 Å². The van der Waals surface area contributed by atoms with Crippen LogP contribution in [-0.2, 0) is 30.5 Å². The molecule has 0 radical (unpaired) electrons. The van der Waals surface area contributed by atoms with Crippen LogP contribution in [0.3, 0.4) is 0 Å². The number of nitrogens with one attached hydrogen (secondary N) is 1. The molecule has 44 heavy (non-hydrogen) atoms. The molecule has 1 N–H and O–H groups in total. The Morgan fingerprint density at radius 2 is 1.61 bits per heavy atom. The van der Waals surface area contributed by atoms with Crippen molar-refractivity contribution < 1.29 is 27.5 Å². The largest absolute Gasteiger partial charge is 0.451 e. The Kier molecular flexibility index (Phi) is 7.70. The van der Waals surface area contributed by atoms with E-state index in [4.69, 9.17) is 9.72 Å². The van der Waals surface area contributed by atoms with Gasteiger partial charge in [0.15, 0.2) is 0 Å². The molecule has 0 spiro atoms. The van der Waals surface area contributed by atoms with Gasteiger partial charge in [0, 0.05) is 36.1 Å². The van der Waals surface area contributed by atoms with E-state index in [9.17, 15) is 22.8 Å². The molecule has 1 aliphatic heterocycles. The first kappa shape index (κ1) is 28.8. The molecule has 13 heteroatoms. The summed E-state index contributed by atoms with van der Waals surface area (Å²) in [6.45, 7) is 0.491. The summed E-state index contributed by atoms with van der Waals surface area (Å²) in [5, 5.41) is 8.75. The van der Waals surface area contributed by atoms with Crippen molar-refractivity contribution in [1.29, 1.82) is 0 Å². The van der Waals surface area contributed by atoms with Gasteiger partial charge in [-0.05, 0) is 18.2 Å². The van der Waals surface area contributed by atoms with Gasteiger partial charge in [-0.15, -0.1) is 10.2 Å². The number of para-hydroxylation sites is 2. The summed E-state index contributed by atoms with van der Waals surface area (Å²) < 4.78 is 46.4. The third kappa shape index (κ3) is 5.56. The van der Waals surface area contributed by atoms with Crippen LogP contribution in [-0.4, -0.2) is 50.3 Å². The fourth-order valence-corrected chi connectivity index (χ4v) is 5.32. The summed E-state index contributed by atoms with van der Waals surface area (Å²) in [6, 6.07) is 25.0. The van der Waals surface area contributed by atoms with Crippen molar-refractivity contribution in [3.05, 3.63) is 108 Å². The molecule has 0 unspecified atom stereocenters. The van der Waals surface area contributed by atoms with Crippen LogP contribution < -0.4 is 10.4 Å². The van der Waals surface area contributed by atoms with Crippen LogP contribution in [0.4, 0.5) is 23.7 Å². The van der Waals surface area contributed by atoms with Gasteiger partial charge in [0.1, 0.15) is 5.82 Å². The van der Waals surface area contributed by atoms with E-state index in [0.717, 1.165) is 15.1 Å². The standard InChI is InChI=1S/C31H26F3N7O3/c1-44-30(43)41(21-12-6-3-7-13-21)38-28(42)26-22-14-8-9-15-24(22)35-27(20-10-4-2-5-11-20)23(26)18-39-16-17-40-25(19-39)36-37-29(40)31(32,33)34/h2-15H,16-19H2,1H3,(H,38,42). The number of alkyl halides is 3. The zero-order chi connectivity index (χ0) is 30.8. The van der Waals surface area contributed by atoms with Crippen LogP contribution in [0.25, 0.3) is 22.2 Å². The van der Waals surface area contributed by atoms with E-state index in [1.54, 1.807) is 48.5 Å². The lowest BCUT2D eigenvalue weighted by Crippen LogP contribution is -2.47. The lowest BCUT2D eigenvalue weighted by atomic mass is 9.95. The highest BCUT2D eigenvalue weighted by Crippen LogP contribution is 2.34. The van der Waals surface area contributed by atoms with Crippen LogP contribution in [0.1, 0.15) is 27.6 Å². The molecule has 0 aliphatic carbocycles. The molecule has 0 bridgehead atoms. The molecule has 5 aromatic rings. The van der Waals surface area contributed by atoms with E-state index >= 15 is 0 Å².